The van der Waals surface area contributed by atoms with Crippen molar-refractivity contribution in [2.24, 2.45) is 0 Å². The van der Waals surface area contributed by atoms with Crippen LogP contribution in [0.1, 0.15) is 16.7 Å². The van der Waals surface area contributed by atoms with Crippen LogP contribution in [-0.4, -0.2) is 23.3 Å². The Morgan fingerprint density at radius 2 is 1.53 bits per heavy atom. The molecule has 4 nitrogen and oxygen atoms in total. The summed E-state index contributed by atoms with van der Waals surface area (Å²) in [6, 6.07) is 24.5. The number of anilines is 1. The molecule has 4 rings (SSSR count). The second kappa shape index (κ2) is 8.56. The van der Waals surface area contributed by atoms with E-state index in [9.17, 15) is 9.59 Å². The van der Waals surface area contributed by atoms with E-state index in [2.05, 4.69) is 5.32 Å². The summed E-state index contributed by atoms with van der Waals surface area (Å²) in [5.74, 6) is -0.597. The molecule has 3 aromatic carbocycles. The molecule has 150 valence electrons. The number of halogens is 1. The fourth-order valence-electron chi connectivity index (χ4n) is 3.56. The van der Waals surface area contributed by atoms with Crippen LogP contribution in [0.2, 0.25) is 5.02 Å². The zero-order chi connectivity index (χ0) is 21.1. The van der Waals surface area contributed by atoms with Crippen LogP contribution in [0.3, 0.4) is 0 Å². The van der Waals surface area contributed by atoms with Crippen molar-refractivity contribution in [2.75, 3.05) is 11.9 Å². The lowest BCUT2D eigenvalue weighted by Gasteiger charge is -2.15. The fourth-order valence-corrected chi connectivity index (χ4v) is 3.78. The molecule has 0 aromatic heterocycles. The summed E-state index contributed by atoms with van der Waals surface area (Å²) >= 11 is 6.06. The minimum absolute atomic E-state index is 0.281. The van der Waals surface area contributed by atoms with Gasteiger partial charge in [-0.25, -0.2) is 0 Å². The minimum Gasteiger partial charge on any atom is -0.350 e. The van der Waals surface area contributed by atoms with Gasteiger partial charge in [0.1, 0.15) is 5.70 Å². The van der Waals surface area contributed by atoms with Crippen molar-refractivity contribution in [2.45, 2.75) is 13.3 Å². The highest BCUT2D eigenvalue weighted by Gasteiger charge is 2.39. The van der Waals surface area contributed by atoms with Crippen LogP contribution in [-0.2, 0) is 16.0 Å². The van der Waals surface area contributed by atoms with E-state index in [0.29, 0.717) is 34.8 Å². The summed E-state index contributed by atoms with van der Waals surface area (Å²) in [6.07, 6.45) is 0.605. The van der Waals surface area contributed by atoms with Crippen molar-refractivity contribution in [1.29, 1.82) is 0 Å². The number of nitrogens with zero attached hydrogens (tertiary/aromatic N) is 1. The van der Waals surface area contributed by atoms with Gasteiger partial charge in [-0.05, 0) is 48.2 Å². The zero-order valence-electron chi connectivity index (χ0n) is 16.6. The van der Waals surface area contributed by atoms with Gasteiger partial charge < -0.3 is 5.32 Å². The summed E-state index contributed by atoms with van der Waals surface area (Å²) in [5.41, 5.74) is 4.12. The quantitative estimate of drug-likeness (QED) is 0.570. The van der Waals surface area contributed by atoms with Gasteiger partial charge in [-0.2, -0.15) is 0 Å². The number of rotatable bonds is 6. The van der Waals surface area contributed by atoms with Gasteiger partial charge in [0, 0.05) is 17.3 Å². The third kappa shape index (κ3) is 4.00. The first kappa shape index (κ1) is 19.9. The number of hydrogen-bond acceptors (Lipinski definition) is 3. The molecule has 3 aromatic rings. The Bertz CT molecular complexity index is 1120. The maximum atomic E-state index is 13.3. The van der Waals surface area contributed by atoms with E-state index in [4.69, 9.17) is 11.6 Å². The number of imide groups is 1. The van der Waals surface area contributed by atoms with Gasteiger partial charge in [0.2, 0.25) is 0 Å². The highest BCUT2D eigenvalue weighted by atomic mass is 35.5. The molecule has 0 atom stereocenters. The second-order valence-electron chi connectivity index (χ2n) is 7.20. The Kier molecular flexibility index (Phi) is 5.68. The van der Waals surface area contributed by atoms with Crippen molar-refractivity contribution in [3.8, 4) is 0 Å². The lowest BCUT2D eigenvalue weighted by atomic mass is 10.0. The van der Waals surface area contributed by atoms with Crippen LogP contribution < -0.4 is 5.32 Å². The molecule has 0 saturated carbocycles. The normalized spacial score (nSPS) is 13.9. The van der Waals surface area contributed by atoms with E-state index in [-0.39, 0.29) is 11.8 Å². The lowest BCUT2D eigenvalue weighted by Crippen LogP contribution is -2.34. The first-order chi connectivity index (χ1) is 14.5. The monoisotopic (exact) mass is 416 g/mol. The number of benzene rings is 3. The summed E-state index contributed by atoms with van der Waals surface area (Å²) < 4.78 is 0. The molecule has 0 saturated heterocycles. The fraction of sp³-hybridized carbons (Fsp3) is 0.120. The van der Waals surface area contributed by atoms with E-state index in [1.54, 1.807) is 6.07 Å². The predicted octanol–water partition coefficient (Wildman–Crippen LogP) is 5.08. The average molecular weight is 417 g/mol. The molecule has 1 heterocycles. The van der Waals surface area contributed by atoms with Crippen molar-refractivity contribution in [3.05, 3.63) is 106 Å². The minimum atomic E-state index is -0.316. The summed E-state index contributed by atoms with van der Waals surface area (Å²) in [7, 11) is 0. The SMILES string of the molecule is Cc1cc(Cl)ccc1NC1=C(c2ccccc2)C(=O)N(CCc2ccccc2)C1=O. The molecular formula is C25H21ClN2O2. The van der Waals surface area contributed by atoms with Crippen LogP contribution in [0.15, 0.2) is 84.6 Å². The molecular weight excluding hydrogens is 396 g/mol. The molecule has 0 radical (unpaired) electrons. The van der Waals surface area contributed by atoms with Gasteiger partial charge >= 0.3 is 0 Å². The Labute approximate surface area is 180 Å². The summed E-state index contributed by atoms with van der Waals surface area (Å²) in [5, 5.41) is 3.82. The standard InChI is InChI=1S/C25H21ClN2O2/c1-17-16-20(26)12-13-21(17)27-23-22(19-10-6-3-7-11-19)24(29)28(25(23)30)15-14-18-8-4-2-5-9-18/h2-13,16,27H,14-15H2,1H3. The third-order valence-electron chi connectivity index (χ3n) is 5.15. The van der Waals surface area contributed by atoms with E-state index >= 15 is 0 Å². The van der Waals surface area contributed by atoms with Crippen molar-refractivity contribution < 1.29 is 9.59 Å². The summed E-state index contributed by atoms with van der Waals surface area (Å²) in [6.45, 7) is 2.23. The van der Waals surface area contributed by atoms with E-state index in [0.717, 1.165) is 16.8 Å². The lowest BCUT2D eigenvalue weighted by molar-refractivity contribution is -0.136. The predicted molar refractivity (Wildman–Crippen MR) is 120 cm³/mol. The third-order valence-corrected chi connectivity index (χ3v) is 5.38. The molecule has 1 aliphatic heterocycles. The molecule has 30 heavy (non-hydrogen) atoms. The molecule has 0 aliphatic carbocycles. The van der Waals surface area contributed by atoms with Crippen LogP contribution in [0.4, 0.5) is 5.69 Å². The molecule has 0 bridgehead atoms. The van der Waals surface area contributed by atoms with Gasteiger partial charge in [0.05, 0.1) is 5.57 Å². The van der Waals surface area contributed by atoms with E-state index in [1.165, 1.54) is 4.90 Å². The molecule has 0 fully saturated rings. The Balaban J connectivity index is 1.68. The number of aryl methyl sites for hydroxylation is 1. The van der Waals surface area contributed by atoms with Crippen LogP contribution in [0, 0.1) is 6.92 Å². The first-order valence-electron chi connectivity index (χ1n) is 9.77. The molecule has 1 N–H and O–H groups in total. The smallest absolute Gasteiger partial charge is 0.278 e. The number of nitrogens with one attached hydrogen (secondary N) is 1. The highest BCUT2D eigenvalue weighted by molar-refractivity contribution is 6.36. The van der Waals surface area contributed by atoms with Crippen LogP contribution in [0.25, 0.3) is 5.57 Å². The first-order valence-corrected chi connectivity index (χ1v) is 10.2. The summed E-state index contributed by atoms with van der Waals surface area (Å²) in [4.78, 5) is 27.8. The molecule has 2 amide bonds. The Morgan fingerprint density at radius 1 is 0.867 bits per heavy atom. The molecule has 0 spiro atoms. The van der Waals surface area contributed by atoms with Crippen molar-refractivity contribution in [3.63, 3.8) is 0 Å². The highest BCUT2D eigenvalue weighted by Crippen LogP contribution is 2.31. The molecule has 1 aliphatic rings. The van der Waals surface area contributed by atoms with Gasteiger partial charge in [-0.3, -0.25) is 14.5 Å². The Hall–Kier alpha value is -3.37. The van der Waals surface area contributed by atoms with Crippen molar-refractivity contribution in [1.82, 2.24) is 4.90 Å². The zero-order valence-corrected chi connectivity index (χ0v) is 17.3. The number of carbonyl (C=O) groups is 2. The van der Waals surface area contributed by atoms with Gasteiger partial charge in [-0.15, -0.1) is 0 Å². The van der Waals surface area contributed by atoms with Gasteiger partial charge in [0.25, 0.3) is 11.8 Å². The van der Waals surface area contributed by atoms with E-state index in [1.807, 2.05) is 79.7 Å². The average Bonchev–Trinajstić information content (AvgIpc) is 2.99. The maximum absolute atomic E-state index is 13.3. The van der Waals surface area contributed by atoms with Crippen molar-refractivity contribution >= 4 is 34.7 Å². The Morgan fingerprint density at radius 3 is 2.20 bits per heavy atom. The molecule has 0 unspecified atom stereocenters. The molecule has 5 heteroatoms. The van der Waals surface area contributed by atoms with E-state index < -0.39 is 0 Å². The number of hydrogen-bond donors (Lipinski definition) is 1. The second-order valence-corrected chi connectivity index (χ2v) is 7.63. The van der Waals surface area contributed by atoms with Crippen LogP contribution >= 0.6 is 11.6 Å². The number of carbonyl (C=O) groups excluding carboxylic acids is 2. The van der Waals surface area contributed by atoms with Gasteiger partial charge in [0.15, 0.2) is 0 Å². The van der Waals surface area contributed by atoms with Gasteiger partial charge in [-0.1, -0.05) is 72.3 Å². The topological polar surface area (TPSA) is 49.4 Å². The van der Waals surface area contributed by atoms with Crippen LogP contribution in [0.5, 0.6) is 0 Å². The maximum Gasteiger partial charge on any atom is 0.278 e. The number of amides is 2. The largest absolute Gasteiger partial charge is 0.350 e.